The highest BCUT2D eigenvalue weighted by atomic mass is 32.1. The lowest BCUT2D eigenvalue weighted by Crippen LogP contribution is -2.49. The maximum Gasteiger partial charge on any atom is 0.224 e. The van der Waals surface area contributed by atoms with Crippen molar-refractivity contribution in [1.82, 2.24) is 19.2 Å². The minimum atomic E-state index is 0.221. The van der Waals surface area contributed by atoms with Gasteiger partial charge in [0.25, 0.3) is 0 Å². The van der Waals surface area contributed by atoms with Crippen LogP contribution in [0.4, 0.5) is 5.13 Å². The van der Waals surface area contributed by atoms with E-state index in [9.17, 15) is 4.79 Å². The number of hydrogen-bond donors (Lipinski definition) is 0. The van der Waals surface area contributed by atoms with Crippen molar-refractivity contribution in [3.8, 4) is 5.75 Å². The molecular weight excluding hydrogens is 494 g/mol. The Morgan fingerprint density at radius 1 is 1.13 bits per heavy atom. The molecule has 1 fully saturated rings. The van der Waals surface area contributed by atoms with Crippen LogP contribution in [0.5, 0.6) is 5.75 Å². The molecule has 202 valence electrons. The highest BCUT2D eigenvalue weighted by Gasteiger charge is 2.23. The standard InChI is InChI=1S/C30H39N5O2S/c1-4-24(2)35(30-31-28(32-38-30)23-26-12-8-14-27(22-26)37-3)17-15-29(36)34-20-18-33(19-21-34)16-9-13-25-10-6-5-7-11-25/h5-14,22,24H,4,15-21,23H2,1-3H3. The summed E-state index contributed by atoms with van der Waals surface area (Å²) in [4.78, 5) is 24.6. The van der Waals surface area contributed by atoms with Gasteiger partial charge >= 0.3 is 0 Å². The molecular formula is C30H39N5O2S. The number of methoxy groups -OCH3 is 1. The van der Waals surface area contributed by atoms with Gasteiger partial charge in [0.2, 0.25) is 11.0 Å². The van der Waals surface area contributed by atoms with Crippen LogP contribution in [-0.4, -0.2) is 77.5 Å². The number of anilines is 1. The number of ether oxygens (including phenoxy) is 1. The van der Waals surface area contributed by atoms with Crippen LogP contribution in [0.1, 0.15) is 43.6 Å². The predicted octanol–water partition coefficient (Wildman–Crippen LogP) is 4.99. The van der Waals surface area contributed by atoms with Gasteiger partial charge in [-0.25, -0.2) is 4.98 Å². The highest BCUT2D eigenvalue weighted by Crippen LogP contribution is 2.24. The van der Waals surface area contributed by atoms with Crippen LogP contribution >= 0.6 is 11.5 Å². The Morgan fingerprint density at radius 3 is 2.66 bits per heavy atom. The van der Waals surface area contributed by atoms with E-state index in [2.05, 4.69) is 70.5 Å². The van der Waals surface area contributed by atoms with Crippen LogP contribution in [0, 0.1) is 0 Å². The second kappa shape index (κ2) is 14.1. The average Bonchev–Trinajstić information content (AvgIpc) is 3.41. The molecule has 0 radical (unpaired) electrons. The summed E-state index contributed by atoms with van der Waals surface area (Å²) in [5.41, 5.74) is 2.34. The maximum atomic E-state index is 13.1. The molecule has 1 aliphatic rings. The van der Waals surface area contributed by atoms with Crippen molar-refractivity contribution in [3.05, 3.63) is 77.6 Å². The molecule has 0 aliphatic carbocycles. The molecule has 0 saturated carbocycles. The number of carbonyl (C=O) groups excluding carboxylic acids is 1. The molecule has 3 aromatic rings. The number of benzene rings is 2. The minimum Gasteiger partial charge on any atom is -0.497 e. The van der Waals surface area contributed by atoms with Crippen molar-refractivity contribution >= 4 is 28.6 Å². The summed E-state index contributed by atoms with van der Waals surface area (Å²) >= 11 is 1.42. The van der Waals surface area contributed by atoms with Gasteiger partial charge in [0.15, 0.2) is 0 Å². The molecule has 8 heteroatoms. The normalized spacial score (nSPS) is 15.1. The van der Waals surface area contributed by atoms with E-state index >= 15 is 0 Å². The molecule has 0 bridgehead atoms. The SMILES string of the molecule is CCC(C)N(CCC(=O)N1CCN(CC=Cc2ccccc2)CC1)c1nc(Cc2cccc(OC)c2)ns1. The first-order chi connectivity index (χ1) is 18.6. The Labute approximate surface area is 230 Å². The van der Waals surface area contributed by atoms with Gasteiger partial charge in [-0.1, -0.05) is 61.5 Å². The van der Waals surface area contributed by atoms with Crippen LogP contribution in [0.3, 0.4) is 0 Å². The van der Waals surface area contributed by atoms with Crippen molar-refractivity contribution < 1.29 is 9.53 Å². The summed E-state index contributed by atoms with van der Waals surface area (Å²) in [6.45, 7) is 9.30. The smallest absolute Gasteiger partial charge is 0.224 e. The van der Waals surface area contributed by atoms with Gasteiger partial charge in [-0.05, 0) is 36.6 Å². The Hall–Kier alpha value is -3.23. The van der Waals surface area contributed by atoms with Crippen LogP contribution in [0.25, 0.3) is 6.08 Å². The van der Waals surface area contributed by atoms with Gasteiger partial charge in [-0.15, -0.1) is 0 Å². The molecule has 4 rings (SSSR count). The molecule has 2 aromatic carbocycles. The number of piperazine rings is 1. The van der Waals surface area contributed by atoms with Crippen molar-refractivity contribution in [2.75, 3.05) is 51.3 Å². The summed E-state index contributed by atoms with van der Waals surface area (Å²) in [7, 11) is 1.67. The number of nitrogens with zero attached hydrogens (tertiary/aromatic N) is 5. The third-order valence-electron chi connectivity index (χ3n) is 7.09. The minimum absolute atomic E-state index is 0.221. The van der Waals surface area contributed by atoms with Gasteiger partial charge < -0.3 is 14.5 Å². The number of hydrogen-bond acceptors (Lipinski definition) is 7. The van der Waals surface area contributed by atoms with Crippen molar-refractivity contribution in [1.29, 1.82) is 0 Å². The zero-order valence-electron chi connectivity index (χ0n) is 22.8. The summed E-state index contributed by atoms with van der Waals surface area (Å²) < 4.78 is 9.95. The molecule has 7 nitrogen and oxygen atoms in total. The van der Waals surface area contributed by atoms with Crippen molar-refractivity contribution in [2.45, 2.75) is 39.2 Å². The average molecular weight is 534 g/mol. The molecule has 1 unspecified atom stereocenters. The highest BCUT2D eigenvalue weighted by molar-refractivity contribution is 7.09. The lowest BCUT2D eigenvalue weighted by molar-refractivity contribution is -0.132. The first kappa shape index (κ1) is 27.8. The fraction of sp³-hybridized carbons (Fsp3) is 0.433. The van der Waals surface area contributed by atoms with Gasteiger partial charge in [-0.2, -0.15) is 4.37 Å². The van der Waals surface area contributed by atoms with Crippen molar-refractivity contribution in [2.24, 2.45) is 0 Å². The van der Waals surface area contributed by atoms with Crippen LogP contribution in [-0.2, 0) is 11.2 Å². The lowest BCUT2D eigenvalue weighted by Gasteiger charge is -2.35. The first-order valence-electron chi connectivity index (χ1n) is 13.5. The van der Waals surface area contributed by atoms with Crippen LogP contribution < -0.4 is 9.64 Å². The summed E-state index contributed by atoms with van der Waals surface area (Å²) in [6, 6.07) is 18.7. The zero-order valence-corrected chi connectivity index (χ0v) is 23.6. The molecule has 1 aromatic heterocycles. The van der Waals surface area contributed by atoms with E-state index in [0.717, 1.165) is 61.4 Å². The van der Waals surface area contributed by atoms with Gasteiger partial charge in [0, 0.05) is 69.7 Å². The Kier molecular flexibility index (Phi) is 10.3. The van der Waals surface area contributed by atoms with Crippen LogP contribution in [0.2, 0.25) is 0 Å². The summed E-state index contributed by atoms with van der Waals surface area (Å²) in [5.74, 6) is 1.86. The molecule has 1 aliphatic heterocycles. The van der Waals surface area contributed by atoms with E-state index in [1.54, 1.807) is 7.11 Å². The lowest BCUT2D eigenvalue weighted by atomic mass is 10.1. The molecule has 0 N–H and O–H groups in total. The third-order valence-corrected chi connectivity index (χ3v) is 7.88. The van der Waals surface area contributed by atoms with E-state index < -0.39 is 0 Å². The Balaban J connectivity index is 1.27. The second-order valence-electron chi connectivity index (χ2n) is 9.72. The van der Waals surface area contributed by atoms with E-state index in [4.69, 9.17) is 9.72 Å². The fourth-order valence-electron chi connectivity index (χ4n) is 4.58. The van der Waals surface area contributed by atoms with Crippen molar-refractivity contribution in [3.63, 3.8) is 0 Å². The fourth-order valence-corrected chi connectivity index (χ4v) is 5.39. The molecule has 1 saturated heterocycles. The van der Waals surface area contributed by atoms with Gasteiger partial charge in [-0.3, -0.25) is 9.69 Å². The summed E-state index contributed by atoms with van der Waals surface area (Å²) in [6.07, 6.45) is 6.50. The quantitative estimate of drug-likeness (QED) is 0.327. The Bertz CT molecular complexity index is 1170. The monoisotopic (exact) mass is 533 g/mol. The zero-order chi connectivity index (χ0) is 26.7. The van der Waals surface area contributed by atoms with E-state index in [1.165, 1.54) is 17.1 Å². The van der Waals surface area contributed by atoms with E-state index in [-0.39, 0.29) is 11.9 Å². The van der Waals surface area contributed by atoms with E-state index in [0.29, 0.717) is 19.4 Å². The molecule has 1 atom stereocenters. The second-order valence-corrected chi connectivity index (χ2v) is 10.4. The third kappa shape index (κ3) is 7.88. The van der Waals surface area contributed by atoms with Gasteiger partial charge in [0.05, 0.1) is 7.11 Å². The summed E-state index contributed by atoms with van der Waals surface area (Å²) in [5, 5.41) is 0.889. The maximum absolute atomic E-state index is 13.1. The number of rotatable bonds is 12. The first-order valence-corrected chi connectivity index (χ1v) is 14.3. The topological polar surface area (TPSA) is 61.8 Å². The molecule has 1 amide bonds. The number of aromatic nitrogens is 2. The molecule has 38 heavy (non-hydrogen) atoms. The van der Waals surface area contributed by atoms with Gasteiger partial charge in [0.1, 0.15) is 11.6 Å². The van der Waals surface area contributed by atoms with E-state index in [1.807, 2.05) is 29.2 Å². The number of amides is 1. The molecule has 0 spiro atoms. The Morgan fingerprint density at radius 2 is 1.92 bits per heavy atom. The molecule has 2 heterocycles. The number of carbonyl (C=O) groups is 1. The largest absolute Gasteiger partial charge is 0.497 e. The predicted molar refractivity (Wildman–Crippen MR) is 156 cm³/mol. The van der Waals surface area contributed by atoms with Crippen LogP contribution in [0.15, 0.2) is 60.7 Å².